The number of aliphatic hydroxyl groups is 1. The molecular formula is C11H17NO. The van der Waals surface area contributed by atoms with Gasteiger partial charge in [-0.25, -0.2) is 0 Å². The number of rotatable bonds is 0. The second-order valence-electron chi connectivity index (χ2n) is 2.99. The molecule has 1 rings (SSSR count). The molecule has 0 radical (unpaired) electrons. The number of aryl methyl sites for hydroxylation is 3. The minimum Gasteiger partial charge on any atom is -0.516 e. The summed E-state index contributed by atoms with van der Waals surface area (Å²) < 4.78 is 0. The van der Waals surface area contributed by atoms with E-state index in [1.807, 2.05) is 13.8 Å². The molecule has 2 heteroatoms. The van der Waals surface area contributed by atoms with E-state index in [0.29, 0.717) is 0 Å². The first-order valence-corrected chi connectivity index (χ1v) is 4.11. The zero-order valence-electron chi connectivity index (χ0n) is 8.46. The first-order valence-electron chi connectivity index (χ1n) is 4.11. The van der Waals surface area contributed by atoms with E-state index in [1.165, 1.54) is 16.7 Å². The van der Waals surface area contributed by atoms with E-state index in [-0.39, 0.29) is 0 Å². The summed E-state index contributed by atoms with van der Waals surface area (Å²) in [6, 6.07) is 4.20. The van der Waals surface area contributed by atoms with Crippen molar-refractivity contribution in [1.82, 2.24) is 0 Å². The average Bonchev–Trinajstić information content (AvgIpc) is 2.01. The van der Waals surface area contributed by atoms with Crippen molar-refractivity contribution < 1.29 is 5.11 Å². The van der Waals surface area contributed by atoms with Crippen LogP contribution in [0.15, 0.2) is 25.0 Å². The molecule has 0 spiro atoms. The quantitative estimate of drug-likeness (QED) is 0.475. The predicted octanol–water partition coefficient (Wildman–Crippen LogP) is 2.88. The van der Waals surface area contributed by atoms with Crippen LogP contribution in [0.25, 0.3) is 0 Å². The number of hydrogen-bond donors (Lipinski definition) is 2. The third-order valence-electron chi connectivity index (χ3n) is 1.74. The van der Waals surface area contributed by atoms with E-state index in [2.05, 4.69) is 25.6 Å². The van der Waals surface area contributed by atoms with Crippen molar-refractivity contribution >= 4 is 5.69 Å². The fourth-order valence-electron chi connectivity index (χ4n) is 1.19. The molecule has 0 saturated carbocycles. The highest BCUT2D eigenvalue weighted by atomic mass is 16.2. The lowest BCUT2D eigenvalue weighted by atomic mass is 10.1. The largest absolute Gasteiger partial charge is 0.516 e. The van der Waals surface area contributed by atoms with Gasteiger partial charge in [-0.15, -0.1) is 0 Å². The maximum absolute atomic E-state index is 7.33. The monoisotopic (exact) mass is 179 g/mol. The van der Waals surface area contributed by atoms with E-state index >= 15 is 0 Å². The molecule has 0 atom stereocenters. The van der Waals surface area contributed by atoms with Crippen molar-refractivity contribution in [3.05, 3.63) is 41.7 Å². The van der Waals surface area contributed by atoms with Gasteiger partial charge in [0.15, 0.2) is 0 Å². The molecule has 0 heterocycles. The minimum atomic E-state index is 0.750. The fraction of sp³-hybridized carbons (Fsp3) is 0.273. The molecule has 1 aromatic carbocycles. The van der Waals surface area contributed by atoms with Gasteiger partial charge in [0, 0.05) is 5.69 Å². The molecule has 3 N–H and O–H groups in total. The van der Waals surface area contributed by atoms with E-state index in [1.54, 1.807) is 0 Å². The standard InChI is InChI=1S/C9H13N.C2H4O/c1-6-4-7(2)9(10)8(3)5-6;1-2-3/h4-5H,10H2,1-3H3;2-3H,1H2. The second kappa shape index (κ2) is 5.25. The second-order valence-corrected chi connectivity index (χ2v) is 2.99. The van der Waals surface area contributed by atoms with Crippen LogP contribution in [-0.2, 0) is 0 Å². The van der Waals surface area contributed by atoms with E-state index in [9.17, 15) is 0 Å². The molecule has 0 aliphatic rings. The van der Waals surface area contributed by atoms with Crippen LogP contribution in [-0.4, -0.2) is 5.11 Å². The Kier molecular flexibility index (Phi) is 4.67. The summed E-state index contributed by atoms with van der Waals surface area (Å²) in [6.45, 7) is 9.07. The molecular weight excluding hydrogens is 162 g/mol. The normalized spacial score (nSPS) is 8.54. The van der Waals surface area contributed by atoms with E-state index in [4.69, 9.17) is 10.8 Å². The Morgan fingerprint density at radius 2 is 1.54 bits per heavy atom. The summed E-state index contributed by atoms with van der Waals surface area (Å²) >= 11 is 0. The van der Waals surface area contributed by atoms with Crippen LogP contribution in [0.1, 0.15) is 16.7 Å². The molecule has 0 saturated heterocycles. The molecule has 0 bridgehead atoms. The van der Waals surface area contributed by atoms with Crippen molar-refractivity contribution in [3.63, 3.8) is 0 Å². The summed E-state index contributed by atoms with van der Waals surface area (Å²) in [4.78, 5) is 0. The topological polar surface area (TPSA) is 46.2 Å². The average molecular weight is 179 g/mol. The van der Waals surface area contributed by atoms with Crippen molar-refractivity contribution in [2.45, 2.75) is 20.8 Å². The molecule has 0 fully saturated rings. The first kappa shape index (κ1) is 11.6. The molecule has 72 valence electrons. The van der Waals surface area contributed by atoms with Gasteiger partial charge in [-0.2, -0.15) is 0 Å². The molecule has 0 amide bonds. The zero-order chi connectivity index (χ0) is 10.4. The summed E-state index contributed by atoms with van der Waals surface area (Å²) in [5.74, 6) is 0. The van der Waals surface area contributed by atoms with Gasteiger partial charge >= 0.3 is 0 Å². The van der Waals surface area contributed by atoms with Crippen LogP contribution in [0, 0.1) is 20.8 Å². The van der Waals surface area contributed by atoms with Crippen molar-refractivity contribution in [3.8, 4) is 0 Å². The highest BCUT2D eigenvalue weighted by Gasteiger charge is 1.96. The van der Waals surface area contributed by atoms with Gasteiger partial charge in [-0.05, 0) is 31.9 Å². The van der Waals surface area contributed by atoms with E-state index < -0.39 is 0 Å². The Balaban J connectivity index is 0.000000424. The molecule has 0 aliphatic carbocycles. The molecule has 0 unspecified atom stereocenters. The molecule has 0 aromatic heterocycles. The molecule has 0 aliphatic heterocycles. The number of benzene rings is 1. The fourth-order valence-corrected chi connectivity index (χ4v) is 1.19. The van der Waals surface area contributed by atoms with Gasteiger partial charge in [0.05, 0.1) is 6.26 Å². The summed E-state index contributed by atoms with van der Waals surface area (Å²) in [7, 11) is 0. The van der Waals surface area contributed by atoms with E-state index in [0.717, 1.165) is 11.9 Å². The zero-order valence-corrected chi connectivity index (χ0v) is 8.46. The number of anilines is 1. The van der Waals surface area contributed by atoms with Crippen molar-refractivity contribution in [1.29, 1.82) is 0 Å². The summed E-state index contributed by atoms with van der Waals surface area (Å²) in [5.41, 5.74) is 10.3. The van der Waals surface area contributed by atoms with Gasteiger partial charge in [0.2, 0.25) is 0 Å². The maximum atomic E-state index is 7.33. The maximum Gasteiger partial charge on any atom is 0.0719 e. The number of nitrogens with two attached hydrogens (primary N) is 1. The van der Waals surface area contributed by atoms with Crippen LogP contribution in [0.2, 0.25) is 0 Å². The number of nitrogen functional groups attached to an aromatic ring is 1. The van der Waals surface area contributed by atoms with Gasteiger partial charge in [0.1, 0.15) is 0 Å². The smallest absolute Gasteiger partial charge is 0.0719 e. The lowest BCUT2D eigenvalue weighted by Gasteiger charge is -2.04. The number of aliphatic hydroxyl groups excluding tert-OH is 1. The van der Waals surface area contributed by atoms with Gasteiger partial charge in [0.25, 0.3) is 0 Å². The van der Waals surface area contributed by atoms with Crippen LogP contribution in [0.5, 0.6) is 0 Å². The van der Waals surface area contributed by atoms with Crippen LogP contribution in [0.4, 0.5) is 5.69 Å². The third-order valence-corrected chi connectivity index (χ3v) is 1.74. The Morgan fingerprint density at radius 3 is 1.85 bits per heavy atom. The molecule has 1 aromatic rings. The molecule has 2 nitrogen and oxygen atoms in total. The lowest BCUT2D eigenvalue weighted by molar-refractivity contribution is 0.476. The number of hydrogen-bond acceptors (Lipinski definition) is 2. The van der Waals surface area contributed by atoms with Crippen LogP contribution >= 0.6 is 0 Å². The van der Waals surface area contributed by atoms with Gasteiger partial charge in [-0.3, -0.25) is 0 Å². The Morgan fingerprint density at radius 1 is 1.23 bits per heavy atom. The SMILES string of the molecule is C=CO.Cc1cc(C)c(N)c(C)c1. The first-order chi connectivity index (χ1) is 6.02. The Bertz CT molecular complexity index is 269. The summed E-state index contributed by atoms with van der Waals surface area (Å²) in [6.07, 6.45) is 0.750. The van der Waals surface area contributed by atoms with Crippen molar-refractivity contribution in [2.75, 3.05) is 5.73 Å². The molecule has 13 heavy (non-hydrogen) atoms. The minimum absolute atomic E-state index is 0.750. The van der Waals surface area contributed by atoms with Crippen LogP contribution < -0.4 is 5.73 Å². The van der Waals surface area contributed by atoms with Crippen molar-refractivity contribution in [2.24, 2.45) is 0 Å². The van der Waals surface area contributed by atoms with Crippen LogP contribution in [0.3, 0.4) is 0 Å². The van der Waals surface area contributed by atoms with Gasteiger partial charge in [-0.1, -0.05) is 24.3 Å². The highest BCUT2D eigenvalue weighted by molar-refractivity contribution is 5.54. The predicted molar refractivity (Wildman–Crippen MR) is 57.9 cm³/mol. The lowest BCUT2D eigenvalue weighted by Crippen LogP contribution is -1.93. The summed E-state index contributed by atoms with van der Waals surface area (Å²) in [5, 5.41) is 7.33. The Labute approximate surface area is 79.7 Å². The van der Waals surface area contributed by atoms with Gasteiger partial charge < -0.3 is 10.8 Å². The Hall–Kier alpha value is -1.44. The third kappa shape index (κ3) is 3.65. The highest BCUT2D eigenvalue weighted by Crippen LogP contribution is 2.17.